The SMILES string of the molecule is O=C(O)C(CN1CCCOCC1)(NC1CC1)C1CC1. The van der Waals surface area contributed by atoms with Crippen LogP contribution < -0.4 is 5.32 Å². The van der Waals surface area contributed by atoms with Crippen molar-refractivity contribution in [1.82, 2.24) is 10.2 Å². The average molecular weight is 268 g/mol. The van der Waals surface area contributed by atoms with Crippen molar-refractivity contribution in [3.05, 3.63) is 0 Å². The van der Waals surface area contributed by atoms with E-state index in [0.29, 0.717) is 18.5 Å². The van der Waals surface area contributed by atoms with Crippen molar-refractivity contribution >= 4 is 5.97 Å². The monoisotopic (exact) mass is 268 g/mol. The van der Waals surface area contributed by atoms with Gasteiger partial charge in [-0.2, -0.15) is 0 Å². The number of aliphatic carboxylic acids is 1. The van der Waals surface area contributed by atoms with Gasteiger partial charge in [-0.15, -0.1) is 0 Å². The second-order valence-corrected chi connectivity index (χ2v) is 6.21. The Kier molecular flexibility index (Phi) is 3.78. The Morgan fingerprint density at radius 2 is 2.05 bits per heavy atom. The second-order valence-electron chi connectivity index (χ2n) is 6.21. The van der Waals surface area contributed by atoms with Gasteiger partial charge >= 0.3 is 5.97 Å². The highest BCUT2D eigenvalue weighted by Crippen LogP contribution is 2.42. The summed E-state index contributed by atoms with van der Waals surface area (Å²) in [6.07, 6.45) is 5.37. The summed E-state index contributed by atoms with van der Waals surface area (Å²) in [4.78, 5) is 14.2. The fraction of sp³-hybridized carbons (Fsp3) is 0.929. The molecule has 2 saturated carbocycles. The van der Waals surface area contributed by atoms with Crippen LogP contribution in [0.3, 0.4) is 0 Å². The normalized spacial score (nSPS) is 28.6. The number of nitrogens with zero attached hydrogens (tertiary/aromatic N) is 1. The van der Waals surface area contributed by atoms with Crippen molar-refractivity contribution in [2.45, 2.75) is 43.7 Å². The first-order valence-corrected chi connectivity index (χ1v) is 7.52. The van der Waals surface area contributed by atoms with Gasteiger partial charge < -0.3 is 9.84 Å². The average Bonchev–Trinajstić information content (AvgIpc) is 3.23. The van der Waals surface area contributed by atoms with Crippen molar-refractivity contribution in [3.8, 4) is 0 Å². The predicted molar refractivity (Wildman–Crippen MR) is 71.1 cm³/mol. The smallest absolute Gasteiger partial charge is 0.325 e. The van der Waals surface area contributed by atoms with Gasteiger partial charge in [0.25, 0.3) is 0 Å². The lowest BCUT2D eigenvalue weighted by Crippen LogP contribution is -2.61. The molecule has 1 heterocycles. The van der Waals surface area contributed by atoms with Gasteiger partial charge in [0.15, 0.2) is 0 Å². The van der Waals surface area contributed by atoms with E-state index in [1.165, 1.54) is 0 Å². The Bertz CT molecular complexity index is 334. The number of carbonyl (C=O) groups is 1. The Hall–Kier alpha value is -0.650. The third-order valence-corrected chi connectivity index (χ3v) is 4.48. The molecule has 3 fully saturated rings. The van der Waals surface area contributed by atoms with E-state index < -0.39 is 11.5 Å². The van der Waals surface area contributed by atoms with Crippen LogP contribution in [0.4, 0.5) is 0 Å². The minimum atomic E-state index is -0.717. The van der Waals surface area contributed by atoms with Crippen LogP contribution in [0.2, 0.25) is 0 Å². The van der Waals surface area contributed by atoms with Crippen LogP contribution in [0, 0.1) is 5.92 Å². The Morgan fingerprint density at radius 3 is 2.68 bits per heavy atom. The first kappa shape index (κ1) is 13.3. The molecule has 0 amide bonds. The van der Waals surface area contributed by atoms with Gasteiger partial charge in [-0.05, 0) is 38.0 Å². The highest BCUT2D eigenvalue weighted by atomic mass is 16.5. The van der Waals surface area contributed by atoms with Crippen molar-refractivity contribution in [3.63, 3.8) is 0 Å². The molecule has 108 valence electrons. The second kappa shape index (κ2) is 5.38. The number of hydrogen-bond acceptors (Lipinski definition) is 4. The number of nitrogens with one attached hydrogen (secondary N) is 1. The molecule has 0 spiro atoms. The molecule has 0 radical (unpaired) electrons. The van der Waals surface area contributed by atoms with E-state index in [4.69, 9.17) is 4.74 Å². The summed E-state index contributed by atoms with van der Waals surface area (Å²) in [7, 11) is 0. The van der Waals surface area contributed by atoms with Crippen molar-refractivity contribution in [2.75, 3.05) is 32.8 Å². The molecule has 0 aromatic rings. The van der Waals surface area contributed by atoms with Crippen LogP contribution >= 0.6 is 0 Å². The molecular formula is C14H24N2O3. The standard InChI is InChI=1S/C14H24N2O3/c17-13(18)14(11-2-3-11,15-12-4-5-12)10-16-6-1-8-19-9-7-16/h11-12,15H,1-10H2,(H,17,18). The topological polar surface area (TPSA) is 61.8 Å². The summed E-state index contributed by atoms with van der Waals surface area (Å²) in [5.41, 5.74) is -0.717. The lowest BCUT2D eigenvalue weighted by molar-refractivity contribution is -0.147. The molecule has 2 N–H and O–H groups in total. The minimum absolute atomic E-state index is 0.315. The molecule has 19 heavy (non-hydrogen) atoms. The zero-order valence-corrected chi connectivity index (χ0v) is 11.4. The quantitative estimate of drug-likeness (QED) is 0.742. The zero-order valence-electron chi connectivity index (χ0n) is 11.4. The third kappa shape index (κ3) is 3.09. The number of carboxylic acid groups (broad SMARTS) is 1. The maximum Gasteiger partial charge on any atom is 0.325 e. The molecule has 1 atom stereocenters. The molecular weight excluding hydrogens is 244 g/mol. The Labute approximate surface area is 114 Å². The van der Waals surface area contributed by atoms with Crippen LogP contribution in [0.25, 0.3) is 0 Å². The van der Waals surface area contributed by atoms with Crippen molar-refractivity contribution < 1.29 is 14.6 Å². The number of hydrogen-bond donors (Lipinski definition) is 2. The third-order valence-electron chi connectivity index (χ3n) is 4.48. The minimum Gasteiger partial charge on any atom is -0.480 e. The molecule has 0 bridgehead atoms. The van der Waals surface area contributed by atoms with Crippen molar-refractivity contribution in [1.29, 1.82) is 0 Å². The van der Waals surface area contributed by atoms with Crippen LogP contribution in [0.1, 0.15) is 32.1 Å². The molecule has 1 unspecified atom stereocenters. The molecule has 0 aromatic heterocycles. The largest absolute Gasteiger partial charge is 0.480 e. The van der Waals surface area contributed by atoms with E-state index >= 15 is 0 Å². The van der Waals surface area contributed by atoms with E-state index in [0.717, 1.165) is 58.4 Å². The molecule has 5 heteroatoms. The van der Waals surface area contributed by atoms with Gasteiger partial charge in [0, 0.05) is 32.3 Å². The van der Waals surface area contributed by atoms with E-state index in [2.05, 4.69) is 10.2 Å². The summed E-state index contributed by atoms with van der Waals surface area (Å²) in [5.74, 6) is -0.346. The number of ether oxygens (including phenoxy) is 1. The highest BCUT2D eigenvalue weighted by Gasteiger charge is 2.53. The molecule has 0 aromatic carbocycles. The number of rotatable bonds is 6. The van der Waals surface area contributed by atoms with E-state index in [-0.39, 0.29) is 0 Å². The number of carboxylic acids is 1. The summed E-state index contributed by atoms with van der Waals surface area (Å²) in [6.45, 7) is 3.97. The van der Waals surface area contributed by atoms with Gasteiger partial charge in [-0.3, -0.25) is 15.0 Å². The molecule has 2 aliphatic carbocycles. The van der Waals surface area contributed by atoms with Crippen LogP contribution in [-0.4, -0.2) is 60.4 Å². The van der Waals surface area contributed by atoms with Gasteiger partial charge in [0.2, 0.25) is 0 Å². The van der Waals surface area contributed by atoms with Gasteiger partial charge in [0.1, 0.15) is 5.54 Å². The zero-order chi connectivity index (χ0) is 13.3. The van der Waals surface area contributed by atoms with E-state index in [1.54, 1.807) is 0 Å². The van der Waals surface area contributed by atoms with Crippen LogP contribution in [0.5, 0.6) is 0 Å². The van der Waals surface area contributed by atoms with Gasteiger partial charge in [-0.25, -0.2) is 0 Å². The van der Waals surface area contributed by atoms with Crippen LogP contribution in [0.15, 0.2) is 0 Å². The molecule has 1 saturated heterocycles. The highest BCUT2D eigenvalue weighted by molar-refractivity contribution is 5.80. The fourth-order valence-electron chi connectivity index (χ4n) is 3.07. The maximum atomic E-state index is 11.9. The summed E-state index contributed by atoms with van der Waals surface area (Å²) in [5, 5.41) is 13.2. The molecule has 1 aliphatic heterocycles. The molecule has 3 rings (SSSR count). The molecule has 3 aliphatic rings. The van der Waals surface area contributed by atoms with Gasteiger partial charge in [-0.1, -0.05) is 0 Å². The lowest BCUT2D eigenvalue weighted by atomic mass is 9.91. The summed E-state index contributed by atoms with van der Waals surface area (Å²) >= 11 is 0. The Balaban J connectivity index is 1.71. The summed E-state index contributed by atoms with van der Waals surface area (Å²) in [6, 6.07) is 0.430. The van der Waals surface area contributed by atoms with E-state index in [9.17, 15) is 9.90 Å². The van der Waals surface area contributed by atoms with Crippen molar-refractivity contribution in [2.24, 2.45) is 5.92 Å². The predicted octanol–water partition coefficient (Wildman–Crippen LogP) is 0.694. The Morgan fingerprint density at radius 1 is 1.26 bits per heavy atom. The van der Waals surface area contributed by atoms with Gasteiger partial charge in [0.05, 0.1) is 6.61 Å². The first-order valence-electron chi connectivity index (χ1n) is 7.52. The first-order chi connectivity index (χ1) is 9.21. The lowest BCUT2D eigenvalue weighted by Gasteiger charge is -2.36. The fourth-order valence-corrected chi connectivity index (χ4v) is 3.07. The van der Waals surface area contributed by atoms with E-state index in [1.807, 2.05) is 0 Å². The van der Waals surface area contributed by atoms with Crippen LogP contribution in [-0.2, 0) is 9.53 Å². The maximum absolute atomic E-state index is 11.9. The molecule has 5 nitrogen and oxygen atoms in total. The summed E-state index contributed by atoms with van der Waals surface area (Å²) < 4.78 is 5.46.